The third-order valence-corrected chi connectivity index (χ3v) is 4.00. The van der Waals surface area contributed by atoms with Gasteiger partial charge in [0, 0.05) is 6.04 Å². The van der Waals surface area contributed by atoms with Crippen molar-refractivity contribution in [2.75, 3.05) is 6.54 Å². The second-order valence-corrected chi connectivity index (χ2v) is 5.55. The molecule has 0 aliphatic rings. The van der Waals surface area contributed by atoms with Crippen molar-refractivity contribution >= 4 is 0 Å². The minimum Gasteiger partial charge on any atom is -0.310 e. The summed E-state index contributed by atoms with van der Waals surface area (Å²) in [5.41, 5.74) is 6.74. The van der Waals surface area contributed by atoms with E-state index in [0.717, 1.165) is 6.54 Å². The molecule has 1 nitrogen and oxygen atoms in total. The highest BCUT2D eigenvalue weighted by atomic mass is 14.9. The van der Waals surface area contributed by atoms with Gasteiger partial charge in [-0.15, -0.1) is 0 Å². The first-order valence-electron chi connectivity index (χ1n) is 7.53. The molecule has 2 rings (SSSR count). The molecule has 0 saturated carbocycles. The van der Waals surface area contributed by atoms with Crippen molar-refractivity contribution in [1.82, 2.24) is 5.32 Å². The molecule has 1 heteroatoms. The van der Waals surface area contributed by atoms with Crippen molar-refractivity contribution in [3.05, 3.63) is 59.2 Å². The average molecular weight is 267 g/mol. The van der Waals surface area contributed by atoms with E-state index in [0.29, 0.717) is 6.04 Å². The van der Waals surface area contributed by atoms with Crippen LogP contribution in [0.5, 0.6) is 0 Å². The van der Waals surface area contributed by atoms with Gasteiger partial charge in [0.15, 0.2) is 0 Å². The van der Waals surface area contributed by atoms with Crippen LogP contribution in [0.25, 0.3) is 11.1 Å². The Morgan fingerprint density at radius 3 is 2.55 bits per heavy atom. The van der Waals surface area contributed by atoms with Crippen LogP contribution in [0.3, 0.4) is 0 Å². The molecular weight excluding hydrogens is 242 g/mol. The number of rotatable bonds is 5. The van der Waals surface area contributed by atoms with Gasteiger partial charge in [0.05, 0.1) is 0 Å². The maximum Gasteiger partial charge on any atom is 0.0292 e. The van der Waals surface area contributed by atoms with E-state index in [-0.39, 0.29) is 0 Å². The Labute approximate surface area is 123 Å². The van der Waals surface area contributed by atoms with Crippen LogP contribution in [0.2, 0.25) is 0 Å². The van der Waals surface area contributed by atoms with E-state index in [4.69, 9.17) is 0 Å². The predicted molar refractivity (Wildman–Crippen MR) is 88.1 cm³/mol. The summed E-state index contributed by atoms with van der Waals surface area (Å²) in [5, 5.41) is 3.55. The van der Waals surface area contributed by atoms with Crippen LogP contribution >= 0.6 is 0 Å². The summed E-state index contributed by atoms with van der Waals surface area (Å²) in [4.78, 5) is 0. The topological polar surface area (TPSA) is 12.0 Å². The molecule has 1 unspecified atom stereocenters. The van der Waals surface area contributed by atoms with Crippen LogP contribution in [-0.4, -0.2) is 6.54 Å². The lowest BCUT2D eigenvalue weighted by Gasteiger charge is -2.16. The monoisotopic (exact) mass is 267 g/mol. The highest BCUT2D eigenvalue weighted by Crippen LogP contribution is 2.27. The van der Waals surface area contributed by atoms with Gasteiger partial charge >= 0.3 is 0 Å². The second-order valence-electron chi connectivity index (χ2n) is 5.55. The molecule has 0 amide bonds. The van der Waals surface area contributed by atoms with Gasteiger partial charge in [0.1, 0.15) is 0 Å². The molecule has 0 spiro atoms. The number of nitrogens with one attached hydrogen (secondary N) is 1. The van der Waals surface area contributed by atoms with E-state index < -0.39 is 0 Å². The molecule has 0 bridgehead atoms. The molecule has 0 aliphatic heterocycles. The highest BCUT2D eigenvalue weighted by molar-refractivity contribution is 5.69. The zero-order valence-corrected chi connectivity index (χ0v) is 13.0. The van der Waals surface area contributed by atoms with Gasteiger partial charge in [-0.3, -0.25) is 0 Å². The Kier molecular flexibility index (Phi) is 4.97. The van der Waals surface area contributed by atoms with Crippen LogP contribution in [0.4, 0.5) is 0 Å². The first-order valence-corrected chi connectivity index (χ1v) is 7.53. The smallest absolute Gasteiger partial charge is 0.0292 e. The zero-order valence-electron chi connectivity index (χ0n) is 13.0. The van der Waals surface area contributed by atoms with Gasteiger partial charge in [-0.1, -0.05) is 43.3 Å². The lowest BCUT2D eigenvalue weighted by molar-refractivity contribution is 0.571. The van der Waals surface area contributed by atoms with Crippen LogP contribution in [0.1, 0.15) is 43.0 Å². The second kappa shape index (κ2) is 6.71. The van der Waals surface area contributed by atoms with Crippen LogP contribution in [0, 0.1) is 13.8 Å². The number of benzene rings is 2. The minimum absolute atomic E-state index is 0.403. The zero-order chi connectivity index (χ0) is 14.5. The Morgan fingerprint density at radius 2 is 1.80 bits per heavy atom. The summed E-state index contributed by atoms with van der Waals surface area (Å²) in [7, 11) is 0. The maximum atomic E-state index is 3.55. The third kappa shape index (κ3) is 3.29. The molecule has 0 aliphatic carbocycles. The summed E-state index contributed by atoms with van der Waals surface area (Å²) >= 11 is 0. The summed E-state index contributed by atoms with van der Waals surface area (Å²) in [5.74, 6) is 0. The Hall–Kier alpha value is -1.60. The van der Waals surface area contributed by atoms with Gasteiger partial charge in [-0.2, -0.15) is 0 Å². The molecule has 0 aromatic heterocycles. The lowest BCUT2D eigenvalue weighted by Crippen LogP contribution is -2.19. The molecule has 0 radical (unpaired) electrons. The van der Waals surface area contributed by atoms with Crippen molar-refractivity contribution in [3.63, 3.8) is 0 Å². The number of hydrogen-bond donors (Lipinski definition) is 1. The standard InChI is InChI=1S/C19H25N/c1-5-12-20-16(4)17-9-7-10-18(13-17)19-11-6-8-14(2)15(19)3/h6-11,13,16,20H,5,12H2,1-4H3. The SMILES string of the molecule is CCCNC(C)c1cccc(-c2cccc(C)c2C)c1. The normalized spacial score (nSPS) is 12.4. The maximum absolute atomic E-state index is 3.55. The van der Waals surface area contributed by atoms with Crippen molar-refractivity contribution in [2.45, 2.75) is 40.2 Å². The fourth-order valence-electron chi connectivity index (χ4n) is 2.52. The molecule has 1 N–H and O–H groups in total. The van der Waals surface area contributed by atoms with Crippen molar-refractivity contribution < 1.29 is 0 Å². The fraction of sp³-hybridized carbons (Fsp3) is 0.368. The van der Waals surface area contributed by atoms with Crippen LogP contribution in [-0.2, 0) is 0 Å². The fourth-order valence-corrected chi connectivity index (χ4v) is 2.52. The van der Waals surface area contributed by atoms with E-state index in [1.165, 1.54) is 34.2 Å². The largest absolute Gasteiger partial charge is 0.310 e. The molecule has 2 aromatic rings. The van der Waals surface area contributed by atoms with Crippen LogP contribution in [0.15, 0.2) is 42.5 Å². The summed E-state index contributed by atoms with van der Waals surface area (Å²) < 4.78 is 0. The number of aryl methyl sites for hydroxylation is 1. The van der Waals surface area contributed by atoms with Crippen molar-refractivity contribution in [2.24, 2.45) is 0 Å². The molecule has 20 heavy (non-hydrogen) atoms. The van der Waals surface area contributed by atoms with E-state index in [1.54, 1.807) is 0 Å². The van der Waals surface area contributed by atoms with E-state index in [1.807, 2.05) is 0 Å². The van der Waals surface area contributed by atoms with Crippen molar-refractivity contribution in [1.29, 1.82) is 0 Å². The van der Waals surface area contributed by atoms with E-state index >= 15 is 0 Å². The number of hydrogen-bond acceptors (Lipinski definition) is 1. The quantitative estimate of drug-likeness (QED) is 0.801. The van der Waals surface area contributed by atoms with Crippen LogP contribution < -0.4 is 5.32 Å². The van der Waals surface area contributed by atoms with E-state index in [9.17, 15) is 0 Å². The Bertz CT molecular complexity index is 572. The van der Waals surface area contributed by atoms with Gasteiger partial charge in [0.2, 0.25) is 0 Å². The first-order chi connectivity index (χ1) is 9.63. The molecular formula is C19H25N. The Balaban J connectivity index is 2.32. The summed E-state index contributed by atoms with van der Waals surface area (Å²) in [6, 6.07) is 15.8. The molecule has 106 valence electrons. The van der Waals surface area contributed by atoms with Gasteiger partial charge in [-0.05, 0) is 67.6 Å². The molecule has 2 aromatic carbocycles. The lowest BCUT2D eigenvalue weighted by atomic mass is 9.95. The minimum atomic E-state index is 0.403. The summed E-state index contributed by atoms with van der Waals surface area (Å²) in [6.07, 6.45) is 1.17. The van der Waals surface area contributed by atoms with E-state index in [2.05, 4.69) is 75.5 Å². The van der Waals surface area contributed by atoms with Crippen molar-refractivity contribution in [3.8, 4) is 11.1 Å². The highest BCUT2D eigenvalue weighted by Gasteiger charge is 2.08. The molecule has 1 atom stereocenters. The molecule has 0 heterocycles. The van der Waals surface area contributed by atoms with Gasteiger partial charge in [0.25, 0.3) is 0 Å². The first kappa shape index (κ1) is 14.8. The summed E-state index contributed by atoms with van der Waals surface area (Å²) in [6.45, 7) is 9.88. The molecule has 0 fully saturated rings. The predicted octanol–water partition coefficient (Wildman–Crippen LogP) is 5.03. The third-order valence-electron chi connectivity index (χ3n) is 4.00. The van der Waals surface area contributed by atoms with Gasteiger partial charge in [-0.25, -0.2) is 0 Å². The average Bonchev–Trinajstić information content (AvgIpc) is 2.47. The Morgan fingerprint density at radius 1 is 1.05 bits per heavy atom. The molecule has 0 saturated heterocycles. The van der Waals surface area contributed by atoms with Gasteiger partial charge < -0.3 is 5.32 Å².